The topological polar surface area (TPSA) is 41.6 Å². The maximum Gasteiger partial charge on any atom is 0.222 e. The van der Waals surface area contributed by atoms with E-state index in [1.165, 1.54) is 11.1 Å². The van der Waals surface area contributed by atoms with Crippen molar-refractivity contribution in [3.63, 3.8) is 0 Å². The largest absolute Gasteiger partial charge is 0.496 e. The summed E-state index contributed by atoms with van der Waals surface area (Å²) in [5, 5.41) is 3.27. The number of amides is 1. The molecule has 1 aromatic rings. The van der Waals surface area contributed by atoms with Crippen LogP contribution in [-0.2, 0) is 11.2 Å². The van der Waals surface area contributed by atoms with Crippen LogP contribution < -0.4 is 10.1 Å². The van der Waals surface area contributed by atoms with Crippen LogP contribution in [0.5, 0.6) is 5.75 Å². The Kier molecular flexibility index (Phi) is 5.62. The Balaban J connectivity index is 1.95. The summed E-state index contributed by atoms with van der Waals surface area (Å²) in [4.78, 5) is 14.3. The highest BCUT2D eigenvalue weighted by Gasteiger charge is 2.19. The molecule has 4 nitrogen and oxygen atoms in total. The van der Waals surface area contributed by atoms with Gasteiger partial charge < -0.3 is 15.0 Å². The van der Waals surface area contributed by atoms with Gasteiger partial charge in [-0.1, -0.05) is 19.1 Å². The molecule has 1 amide bonds. The number of hydrogen-bond donors (Lipinski definition) is 1. The molecule has 0 radical (unpaired) electrons. The minimum absolute atomic E-state index is 0.275. The van der Waals surface area contributed by atoms with Gasteiger partial charge in [-0.15, -0.1) is 0 Å². The van der Waals surface area contributed by atoms with Crippen molar-refractivity contribution in [3.05, 3.63) is 29.3 Å². The molecule has 0 aromatic heterocycles. The zero-order valence-electron chi connectivity index (χ0n) is 13.3. The zero-order chi connectivity index (χ0) is 15.2. The molecule has 1 unspecified atom stereocenters. The molecule has 1 aliphatic rings. The summed E-state index contributed by atoms with van der Waals surface area (Å²) in [5.74, 6) is 1.52. The number of rotatable bonds is 5. The zero-order valence-corrected chi connectivity index (χ0v) is 13.3. The molecular weight excluding hydrogens is 264 g/mol. The van der Waals surface area contributed by atoms with Gasteiger partial charge >= 0.3 is 0 Å². The van der Waals surface area contributed by atoms with E-state index in [0.717, 1.165) is 38.3 Å². The molecule has 1 fully saturated rings. The van der Waals surface area contributed by atoms with E-state index < -0.39 is 0 Å². The predicted octanol–water partition coefficient (Wildman–Crippen LogP) is 2.00. The lowest BCUT2D eigenvalue weighted by Gasteiger charge is -2.28. The molecule has 1 saturated heterocycles. The number of nitrogens with one attached hydrogen (secondary N) is 1. The van der Waals surface area contributed by atoms with E-state index in [1.807, 2.05) is 17.0 Å². The van der Waals surface area contributed by atoms with Gasteiger partial charge in [0.2, 0.25) is 5.91 Å². The number of ether oxygens (including phenoxy) is 1. The lowest BCUT2D eigenvalue weighted by atomic mass is 9.94. The van der Waals surface area contributed by atoms with Gasteiger partial charge in [0.1, 0.15) is 5.75 Å². The summed E-state index contributed by atoms with van der Waals surface area (Å²) in [6, 6.07) is 6.10. The first-order valence-corrected chi connectivity index (χ1v) is 7.72. The third kappa shape index (κ3) is 4.21. The van der Waals surface area contributed by atoms with Crippen molar-refractivity contribution in [2.24, 2.45) is 5.92 Å². The van der Waals surface area contributed by atoms with Crippen LogP contribution in [0.4, 0.5) is 0 Å². The molecule has 1 atom stereocenters. The summed E-state index contributed by atoms with van der Waals surface area (Å²) in [7, 11) is 1.70. The van der Waals surface area contributed by atoms with Crippen molar-refractivity contribution < 1.29 is 9.53 Å². The van der Waals surface area contributed by atoms with E-state index in [9.17, 15) is 4.79 Å². The highest BCUT2D eigenvalue weighted by Crippen LogP contribution is 2.26. The van der Waals surface area contributed by atoms with Crippen LogP contribution in [0.15, 0.2) is 18.2 Å². The molecule has 0 aliphatic carbocycles. The highest BCUT2D eigenvalue weighted by atomic mass is 16.5. The van der Waals surface area contributed by atoms with E-state index in [1.54, 1.807) is 7.11 Å². The van der Waals surface area contributed by atoms with Crippen LogP contribution in [0.2, 0.25) is 0 Å². The minimum Gasteiger partial charge on any atom is -0.496 e. The number of carbonyl (C=O) groups excluding carboxylic acids is 1. The van der Waals surface area contributed by atoms with E-state index in [4.69, 9.17) is 4.74 Å². The Morgan fingerprint density at radius 1 is 1.38 bits per heavy atom. The fraction of sp³-hybridized carbons (Fsp3) is 0.588. The van der Waals surface area contributed by atoms with Crippen LogP contribution in [0.1, 0.15) is 24.5 Å². The van der Waals surface area contributed by atoms with Crippen LogP contribution in [-0.4, -0.2) is 44.1 Å². The number of benzene rings is 1. The van der Waals surface area contributed by atoms with E-state index in [2.05, 4.69) is 25.2 Å². The van der Waals surface area contributed by atoms with Gasteiger partial charge in [-0.3, -0.25) is 4.79 Å². The standard InChI is InChI=1S/C17H26N2O2/c1-13(12-17(20)19-9-7-18-8-10-19)11-15-14(2)5-4-6-16(15)21-3/h4-6,13,18H,7-12H2,1-3H3. The number of carbonyl (C=O) groups is 1. The molecular formula is C17H26N2O2. The molecule has 4 heteroatoms. The van der Waals surface area contributed by atoms with Gasteiger partial charge in [-0.2, -0.15) is 0 Å². The Labute approximate surface area is 127 Å². The summed E-state index contributed by atoms with van der Waals surface area (Å²) >= 11 is 0. The monoisotopic (exact) mass is 290 g/mol. The fourth-order valence-corrected chi connectivity index (χ4v) is 2.89. The normalized spacial score (nSPS) is 16.6. The summed E-state index contributed by atoms with van der Waals surface area (Å²) in [6.07, 6.45) is 1.49. The molecule has 2 rings (SSSR count). The van der Waals surface area contributed by atoms with Crippen LogP contribution in [0.3, 0.4) is 0 Å². The second-order valence-corrected chi connectivity index (χ2v) is 5.90. The second-order valence-electron chi connectivity index (χ2n) is 5.90. The van der Waals surface area contributed by atoms with Gasteiger partial charge in [-0.05, 0) is 36.5 Å². The fourth-order valence-electron chi connectivity index (χ4n) is 2.89. The maximum absolute atomic E-state index is 12.3. The third-order valence-electron chi connectivity index (χ3n) is 4.13. The van der Waals surface area contributed by atoms with Gasteiger partial charge in [0, 0.05) is 32.6 Å². The maximum atomic E-state index is 12.3. The summed E-state index contributed by atoms with van der Waals surface area (Å²) in [6.45, 7) is 7.73. The summed E-state index contributed by atoms with van der Waals surface area (Å²) < 4.78 is 5.44. The molecule has 0 spiro atoms. The SMILES string of the molecule is COc1cccc(C)c1CC(C)CC(=O)N1CCNCC1. The average Bonchev–Trinajstić information content (AvgIpc) is 2.50. The lowest BCUT2D eigenvalue weighted by molar-refractivity contribution is -0.132. The molecule has 0 saturated carbocycles. The first-order valence-electron chi connectivity index (χ1n) is 7.72. The van der Waals surface area contributed by atoms with Gasteiger partial charge in [-0.25, -0.2) is 0 Å². The molecule has 21 heavy (non-hydrogen) atoms. The van der Waals surface area contributed by atoms with Crippen molar-refractivity contribution in [3.8, 4) is 5.75 Å². The number of aryl methyl sites for hydroxylation is 1. The van der Waals surface area contributed by atoms with Gasteiger partial charge in [0.25, 0.3) is 0 Å². The van der Waals surface area contributed by atoms with Crippen LogP contribution in [0.25, 0.3) is 0 Å². The first-order chi connectivity index (χ1) is 10.1. The molecule has 1 N–H and O–H groups in total. The molecule has 1 aromatic carbocycles. The van der Waals surface area contributed by atoms with Crippen molar-refractivity contribution in [2.75, 3.05) is 33.3 Å². The van der Waals surface area contributed by atoms with E-state index in [0.29, 0.717) is 12.3 Å². The smallest absolute Gasteiger partial charge is 0.222 e. The van der Waals surface area contributed by atoms with Gasteiger partial charge in [0.05, 0.1) is 7.11 Å². The number of methoxy groups -OCH3 is 1. The first kappa shape index (κ1) is 15.8. The Bertz CT molecular complexity index is 482. The van der Waals surface area contributed by atoms with E-state index >= 15 is 0 Å². The number of piperazine rings is 1. The third-order valence-corrected chi connectivity index (χ3v) is 4.13. The van der Waals surface area contributed by atoms with Crippen molar-refractivity contribution >= 4 is 5.91 Å². The van der Waals surface area contributed by atoms with Crippen molar-refractivity contribution in [1.82, 2.24) is 10.2 Å². The van der Waals surface area contributed by atoms with Crippen LogP contribution in [0, 0.1) is 12.8 Å². The second kappa shape index (κ2) is 7.46. The molecule has 116 valence electrons. The Morgan fingerprint density at radius 2 is 2.10 bits per heavy atom. The predicted molar refractivity (Wildman–Crippen MR) is 84.7 cm³/mol. The van der Waals surface area contributed by atoms with Crippen LogP contribution >= 0.6 is 0 Å². The Hall–Kier alpha value is -1.55. The molecule has 0 bridgehead atoms. The summed E-state index contributed by atoms with van der Waals surface area (Å²) in [5.41, 5.74) is 2.46. The lowest BCUT2D eigenvalue weighted by Crippen LogP contribution is -2.46. The number of hydrogen-bond acceptors (Lipinski definition) is 3. The van der Waals surface area contributed by atoms with Crippen molar-refractivity contribution in [1.29, 1.82) is 0 Å². The Morgan fingerprint density at radius 3 is 2.76 bits per heavy atom. The van der Waals surface area contributed by atoms with Crippen molar-refractivity contribution in [2.45, 2.75) is 26.7 Å². The molecule has 1 aliphatic heterocycles. The quantitative estimate of drug-likeness (QED) is 0.902. The minimum atomic E-state index is 0.275. The molecule has 1 heterocycles. The average molecular weight is 290 g/mol. The highest BCUT2D eigenvalue weighted by molar-refractivity contribution is 5.76. The van der Waals surface area contributed by atoms with Gasteiger partial charge in [0.15, 0.2) is 0 Å². The van der Waals surface area contributed by atoms with E-state index in [-0.39, 0.29) is 5.91 Å². The number of nitrogens with zero attached hydrogens (tertiary/aromatic N) is 1.